The van der Waals surface area contributed by atoms with Gasteiger partial charge in [0.15, 0.2) is 0 Å². The molecular formula is C25H31N3O4S. The van der Waals surface area contributed by atoms with Crippen molar-refractivity contribution in [2.24, 2.45) is 11.8 Å². The number of piperidine rings is 1. The van der Waals surface area contributed by atoms with E-state index in [2.05, 4.69) is 12.2 Å². The van der Waals surface area contributed by atoms with Crippen LogP contribution in [0.4, 0.5) is 11.4 Å². The number of benzene rings is 2. The Morgan fingerprint density at radius 1 is 1.03 bits per heavy atom. The predicted molar refractivity (Wildman–Crippen MR) is 129 cm³/mol. The molecule has 2 fully saturated rings. The summed E-state index contributed by atoms with van der Waals surface area (Å²) < 4.78 is 27.3. The van der Waals surface area contributed by atoms with Crippen LogP contribution in [0.25, 0.3) is 0 Å². The Hall–Kier alpha value is -2.71. The Morgan fingerprint density at radius 3 is 2.36 bits per heavy atom. The van der Waals surface area contributed by atoms with Gasteiger partial charge >= 0.3 is 0 Å². The minimum absolute atomic E-state index is 0.0684. The number of hydrogen-bond donors (Lipinski definition) is 1. The van der Waals surface area contributed by atoms with Crippen molar-refractivity contribution in [3.05, 3.63) is 53.6 Å². The van der Waals surface area contributed by atoms with E-state index in [0.29, 0.717) is 31.2 Å². The molecule has 7 nitrogen and oxygen atoms in total. The Morgan fingerprint density at radius 2 is 1.70 bits per heavy atom. The van der Waals surface area contributed by atoms with Gasteiger partial charge in [0.25, 0.3) is 0 Å². The number of aryl methyl sites for hydroxylation is 2. The van der Waals surface area contributed by atoms with E-state index in [4.69, 9.17) is 0 Å². The van der Waals surface area contributed by atoms with Gasteiger partial charge in [-0.15, -0.1) is 0 Å². The normalized spacial score (nSPS) is 20.3. The van der Waals surface area contributed by atoms with Crippen molar-refractivity contribution in [2.75, 3.05) is 29.9 Å². The van der Waals surface area contributed by atoms with Crippen LogP contribution in [0.15, 0.2) is 47.4 Å². The molecule has 2 saturated heterocycles. The molecular weight excluding hydrogens is 438 g/mol. The summed E-state index contributed by atoms with van der Waals surface area (Å²) in [6, 6.07) is 12.2. The number of nitrogens with zero attached hydrogens (tertiary/aromatic N) is 2. The van der Waals surface area contributed by atoms with Gasteiger partial charge in [-0.05, 0) is 74.1 Å². The van der Waals surface area contributed by atoms with Crippen LogP contribution in [0.1, 0.15) is 37.3 Å². The first kappa shape index (κ1) is 23.4. The van der Waals surface area contributed by atoms with Crippen LogP contribution in [-0.2, 0) is 19.6 Å². The monoisotopic (exact) mass is 469 g/mol. The molecule has 0 aliphatic carbocycles. The molecule has 2 aliphatic heterocycles. The smallest absolute Gasteiger partial charge is 0.243 e. The Kier molecular flexibility index (Phi) is 6.59. The van der Waals surface area contributed by atoms with Crippen LogP contribution in [0.5, 0.6) is 0 Å². The first-order valence-electron chi connectivity index (χ1n) is 11.4. The van der Waals surface area contributed by atoms with Crippen molar-refractivity contribution >= 4 is 33.2 Å². The Labute approximate surface area is 195 Å². The minimum atomic E-state index is -3.53. The van der Waals surface area contributed by atoms with Crippen LogP contribution in [0, 0.1) is 25.7 Å². The first-order valence-corrected chi connectivity index (χ1v) is 12.9. The Balaban J connectivity index is 1.41. The number of carbonyl (C=O) groups excluding carboxylic acids is 2. The third-order valence-corrected chi connectivity index (χ3v) is 8.57. The second-order valence-corrected chi connectivity index (χ2v) is 11.2. The molecule has 0 radical (unpaired) electrons. The molecule has 2 aliphatic rings. The largest absolute Gasteiger partial charge is 0.326 e. The van der Waals surface area contributed by atoms with Crippen molar-refractivity contribution in [2.45, 2.75) is 44.9 Å². The molecule has 2 aromatic carbocycles. The molecule has 1 N–H and O–H groups in total. The average Bonchev–Trinajstić information content (AvgIpc) is 3.17. The lowest BCUT2D eigenvalue weighted by molar-refractivity contribution is -0.122. The van der Waals surface area contributed by atoms with Gasteiger partial charge in [0.2, 0.25) is 21.8 Å². The average molecular weight is 470 g/mol. The molecule has 0 spiro atoms. The summed E-state index contributed by atoms with van der Waals surface area (Å²) in [5, 5.41) is 2.84. The summed E-state index contributed by atoms with van der Waals surface area (Å²) >= 11 is 0. The molecule has 0 aromatic heterocycles. The molecule has 33 heavy (non-hydrogen) atoms. The topological polar surface area (TPSA) is 86.8 Å². The van der Waals surface area contributed by atoms with Gasteiger partial charge in [0.1, 0.15) is 0 Å². The van der Waals surface area contributed by atoms with Crippen LogP contribution in [-0.4, -0.2) is 44.2 Å². The quantitative estimate of drug-likeness (QED) is 0.723. The lowest BCUT2D eigenvalue weighted by Crippen LogP contribution is -2.37. The zero-order valence-electron chi connectivity index (χ0n) is 19.4. The van der Waals surface area contributed by atoms with Gasteiger partial charge in [-0.3, -0.25) is 9.59 Å². The van der Waals surface area contributed by atoms with E-state index in [1.54, 1.807) is 17.0 Å². The second-order valence-electron chi connectivity index (χ2n) is 9.30. The fraction of sp³-hybridized carbons (Fsp3) is 0.440. The van der Waals surface area contributed by atoms with E-state index in [1.165, 1.54) is 16.4 Å². The molecule has 8 heteroatoms. The fourth-order valence-electron chi connectivity index (χ4n) is 4.46. The number of nitrogens with one attached hydrogen (secondary N) is 1. The van der Waals surface area contributed by atoms with Gasteiger partial charge in [0, 0.05) is 37.4 Å². The van der Waals surface area contributed by atoms with E-state index < -0.39 is 15.9 Å². The highest BCUT2D eigenvalue weighted by atomic mass is 32.2. The highest BCUT2D eigenvalue weighted by Gasteiger charge is 2.36. The summed E-state index contributed by atoms with van der Waals surface area (Å²) in [7, 11) is -3.53. The van der Waals surface area contributed by atoms with Crippen LogP contribution < -0.4 is 10.2 Å². The standard InChI is InChI=1S/C25H31N3O4S/c1-17-10-12-27(13-11-17)33(31,32)22-8-6-21(7-9-22)26-25(30)20-15-24(29)28(16-20)23-14-18(2)4-5-19(23)3/h4-9,14,17,20H,10-13,15-16H2,1-3H3,(H,26,30). The first-order chi connectivity index (χ1) is 15.6. The Bertz CT molecular complexity index is 1150. The van der Waals surface area contributed by atoms with E-state index in [9.17, 15) is 18.0 Å². The van der Waals surface area contributed by atoms with Crippen molar-refractivity contribution in [3.8, 4) is 0 Å². The van der Waals surface area contributed by atoms with Gasteiger partial charge < -0.3 is 10.2 Å². The summed E-state index contributed by atoms with van der Waals surface area (Å²) in [5.41, 5.74) is 3.42. The zero-order chi connectivity index (χ0) is 23.8. The third-order valence-electron chi connectivity index (χ3n) is 6.65. The van der Waals surface area contributed by atoms with Crippen molar-refractivity contribution in [3.63, 3.8) is 0 Å². The predicted octanol–water partition coefficient (Wildman–Crippen LogP) is 3.72. The molecule has 2 amide bonds. The number of anilines is 2. The van der Waals surface area contributed by atoms with Crippen LogP contribution in [0.2, 0.25) is 0 Å². The molecule has 1 unspecified atom stereocenters. The number of amides is 2. The maximum Gasteiger partial charge on any atom is 0.243 e. The maximum absolute atomic E-state index is 12.9. The number of sulfonamides is 1. The van der Waals surface area contributed by atoms with Gasteiger partial charge in [-0.2, -0.15) is 4.31 Å². The molecule has 2 heterocycles. The van der Waals surface area contributed by atoms with E-state index in [1.807, 2.05) is 32.0 Å². The zero-order valence-corrected chi connectivity index (χ0v) is 20.2. The summed E-state index contributed by atoms with van der Waals surface area (Å²) in [6.45, 7) is 7.47. The lowest BCUT2D eigenvalue weighted by Gasteiger charge is -2.29. The van der Waals surface area contributed by atoms with Crippen LogP contribution >= 0.6 is 0 Å². The molecule has 0 saturated carbocycles. The van der Waals surface area contributed by atoms with Crippen molar-refractivity contribution < 1.29 is 18.0 Å². The summed E-state index contributed by atoms with van der Waals surface area (Å²) in [4.78, 5) is 27.3. The van der Waals surface area contributed by atoms with E-state index >= 15 is 0 Å². The van der Waals surface area contributed by atoms with Crippen molar-refractivity contribution in [1.29, 1.82) is 0 Å². The maximum atomic E-state index is 12.9. The number of hydrogen-bond acceptors (Lipinski definition) is 4. The highest BCUT2D eigenvalue weighted by molar-refractivity contribution is 7.89. The minimum Gasteiger partial charge on any atom is -0.326 e. The van der Waals surface area contributed by atoms with E-state index in [-0.39, 0.29) is 23.1 Å². The summed E-state index contributed by atoms with van der Waals surface area (Å²) in [6.07, 6.45) is 1.89. The van der Waals surface area contributed by atoms with Crippen LogP contribution in [0.3, 0.4) is 0 Å². The SMILES string of the molecule is Cc1ccc(C)c(N2CC(C(=O)Nc3ccc(S(=O)(=O)N4CCC(C)CC4)cc3)CC2=O)c1. The van der Waals surface area contributed by atoms with Gasteiger partial charge in [-0.1, -0.05) is 19.1 Å². The number of rotatable bonds is 5. The highest BCUT2D eigenvalue weighted by Crippen LogP contribution is 2.30. The van der Waals surface area contributed by atoms with E-state index in [0.717, 1.165) is 29.7 Å². The summed E-state index contributed by atoms with van der Waals surface area (Å²) in [5.74, 6) is -0.226. The van der Waals surface area contributed by atoms with Gasteiger partial charge in [-0.25, -0.2) is 8.42 Å². The molecule has 0 bridgehead atoms. The molecule has 2 aromatic rings. The third kappa shape index (κ3) is 4.96. The van der Waals surface area contributed by atoms with Crippen molar-refractivity contribution in [1.82, 2.24) is 4.31 Å². The second kappa shape index (κ2) is 9.27. The number of carbonyl (C=O) groups is 2. The molecule has 176 valence electrons. The molecule has 1 atom stereocenters. The fourth-order valence-corrected chi connectivity index (χ4v) is 5.92. The lowest BCUT2D eigenvalue weighted by atomic mass is 10.0. The van der Waals surface area contributed by atoms with Gasteiger partial charge in [0.05, 0.1) is 10.8 Å². The molecule has 4 rings (SSSR count).